The third-order valence-electron chi connectivity index (χ3n) is 2.15. The largest absolute Gasteiger partial charge is 0.396 e. The molecule has 18 heavy (non-hydrogen) atoms. The number of anilines is 2. The summed E-state index contributed by atoms with van der Waals surface area (Å²) in [7, 11) is 0. The van der Waals surface area contributed by atoms with Crippen molar-refractivity contribution in [2.75, 3.05) is 11.1 Å². The first kappa shape index (κ1) is 12.4. The number of aryl methyl sites for hydroxylation is 1. The molecule has 1 amide bonds. The van der Waals surface area contributed by atoms with Crippen molar-refractivity contribution in [2.45, 2.75) is 6.92 Å². The van der Waals surface area contributed by atoms with Crippen LogP contribution in [0.15, 0.2) is 18.3 Å². The fourth-order valence-electron chi connectivity index (χ4n) is 1.35. The van der Waals surface area contributed by atoms with Crippen molar-refractivity contribution in [3.8, 4) is 0 Å². The van der Waals surface area contributed by atoms with Crippen molar-refractivity contribution in [1.29, 1.82) is 0 Å². The maximum atomic E-state index is 13.6. The Kier molecular flexibility index (Phi) is 3.24. The molecular weight excluding hydrogens is 260 g/mol. The number of carbonyl (C=O) groups is 1. The minimum absolute atomic E-state index is 0.319. The van der Waals surface area contributed by atoms with Gasteiger partial charge in [0.2, 0.25) is 0 Å². The summed E-state index contributed by atoms with van der Waals surface area (Å²) in [6.07, 6.45) is 1.57. The van der Waals surface area contributed by atoms with Gasteiger partial charge in [-0.05, 0) is 19.1 Å². The van der Waals surface area contributed by atoms with Crippen LogP contribution in [-0.4, -0.2) is 10.9 Å². The van der Waals surface area contributed by atoms with Crippen LogP contribution in [0.1, 0.15) is 15.2 Å². The highest BCUT2D eigenvalue weighted by atomic mass is 32.1. The summed E-state index contributed by atoms with van der Waals surface area (Å²) in [5, 5.41) is 2.70. The van der Waals surface area contributed by atoms with Gasteiger partial charge in [0.05, 0.1) is 11.3 Å². The molecule has 0 radical (unpaired) electrons. The predicted molar refractivity (Wildman–Crippen MR) is 65.6 cm³/mol. The van der Waals surface area contributed by atoms with E-state index in [4.69, 9.17) is 5.73 Å². The molecule has 0 aliphatic carbocycles. The van der Waals surface area contributed by atoms with Gasteiger partial charge < -0.3 is 5.73 Å². The molecule has 0 unspecified atom stereocenters. The van der Waals surface area contributed by atoms with Crippen molar-refractivity contribution < 1.29 is 13.6 Å². The molecule has 0 fully saturated rings. The number of nitrogens with two attached hydrogens (primary N) is 1. The SMILES string of the molecule is Cc1cnc(NC(=O)c2cc(F)cc(N)c2F)s1. The van der Waals surface area contributed by atoms with Crippen molar-refractivity contribution in [3.63, 3.8) is 0 Å². The number of hydrogen-bond donors (Lipinski definition) is 2. The lowest BCUT2D eigenvalue weighted by Gasteiger charge is -2.05. The maximum absolute atomic E-state index is 13.6. The van der Waals surface area contributed by atoms with Crippen LogP contribution in [0.2, 0.25) is 0 Å². The molecule has 3 N–H and O–H groups in total. The monoisotopic (exact) mass is 269 g/mol. The van der Waals surface area contributed by atoms with Crippen LogP contribution in [0.5, 0.6) is 0 Å². The molecule has 0 aliphatic rings. The standard InChI is InChI=1S/C11H9F2N3OS/c1-5-4-15-11(18-5)16-10(17)7-2-6(12)3-8(14)9(7)13/h2-4H,14H2,1H3,(H,15,16,17). The number of nitrogens with one attached hydrogen (secondary N) is 1. The van der Waals surface area contributed by atoms with E-state index in [1.54, 1.807) is 6.20 Å². The molecule has 0 aliphatic heterocycles. The molecule has 0 saturated carbocycles. The Labute approximate surface area is 105 Å². The number of hydrogen-bond acceptors (Lipinski definition) is 4. The van der Waals surface area contributed by atoms with Crippen molar-refractivity contribution in [3.05, 3.63) is 40.4 Å². The zero-order valence-electron chi connectivity index (χ0n) is 9.33. The summed E-state index contributed by atoms with van der Waals surface area (Å²) in [5.74, 6) is -2.50. The fraction of sp³-hybridized carbons (Fsp3) is 0.0909. The lowest BCUT2D eigenvalue weighted by molar-refractivity contribution is 0.102. The third-order valence-corrected chi connectivity index (χ3v) is 2.98. The van der Waals surface area contributed by atoms with Crippen molar-refractivity contribution in [1.82, 2.24) is 4.98 Å². The van der Waals surface area contributed by atoms with E-state index in [2.05, 4.69) is 10.3 Å². The molecule has 2 rings (SSSR count). The second-order valence-corrected chi connectivity index (χ2v) is 4.82. The van der Waals surface area contributed by atoms with Gasteiger partial charge in [-0.3, -0.25) is 10.1 Å². The first-order chi connectivity index (χ1) is 8.47. The molecule has 7 heteroatoms. The number of amides is 1. The average Bonchev–Trinajstić information content (AvgIpc) is 2.69. The average molecular weight is 269 g/mol. The van der Waals surface area contributed by atoms with E-state index >= 15 is 0 Å². The number of halogens is 2. The van der Waals surface area contributed by atoms with Gasteiger partial charge in [0.15, 0.2) is 10.9 Å². The molecule has 0 saturated heterocycles. The predicted octanol–water partition coefficient (Wildman–Crippen LogP) is 2.56. The molecule has 4 nitrogen and oxygen atoms in total. The second-order valence-electron chi connectivity index (χ2n) is 3.59. The zero-order chi connectivity index (χ0) is 13.3. The van der Waals surface area contributed by atoms with Gasteiger partial charge in [0.25, 0.3) is 5.91 Å². The summed E-state index contributed by atoms with van der Waals surface area (Å²) in [4.78, 5) is 16.5. The zero-order valence-corrected chi connectivity index (χ0v) is 10.1. The second kappa shape index (κ2) is 4.69. The van der Waals surface area contributed by atoms with Gasteiger partial charge >= 0.3 is 0 Å². The summed E-state index contributed by atoms with van der Waals surface area (Å²) in [6.45, 7) is 1.81. The molecule has 0 bridgehead atoms. The third kappa shape index (κ3) is 2.45. The van der Waals surface area contributed by atoms with E-state index in [1.807, 2.05) is 6.92 Å². The highest BCUT2D eigenvalue weighted by molar-refractivity contribution is 7.15. The summed E-state index contributed by atoms with van der Waals surface area (Å²) < 4.78 is 26.6. The van der Waals surface area contributed by atoms with E-state index < -0.39 is 28.8 Å². The van der Waals surface area contributed by atoms with Crippen LogP contribution in [0.3, 0.4) is 0 Å². The lowest BCUT2D eigenvalue weighted by Crippen LogP contribution is -2.15. The van der Waals surface area contributed by atoms with E-state index in [0.29, 0.717) is 5.13 Å². The minimum Gasteiger partial charge on any atom is -0.396 e. The van der Waals surface area contributed by atoms with Gasteiger partial charge in [-0.25, -0.2) is 13.8 Å². The van der Waals surface area contributed by atoms with Crippen LogP contribution in [0.4, 0.5) is 19.6 Å². The summed E-state index contributed by atoms with van der Waals surface area (Å²) in [6, 6.07) is 1.61. The van der Waals surface area contributed by atoms with E-state index in [9.17, 15) is 13.6 Å². The van der Waals surface area contributed by atoms with Crippen LogP contribution in [0, 0.1) is 18.6 Å². The Hall–Kier alpha value is -2.02. The Morgan fingerprint density at radius 3 is 2.78 bits per heavy atom. The molecule has 94 valence electrons. The van der Waals surface area contributed by atoms with Crippen LogP contribution in [0.25, 0.3) is 0 Å². The van der Waals surface area contributed by atoms with Crippen LogP contribution in [-0.2, 0) is 0 Å². The number of carbonyl (C=O) groups excluding carboxylic acids is 1. The quantitative estimate of drug-likeness (QED) is 0.823. The van der Waals surface area contributed by atoms with Gasteiger partial charge in [-0.2, -0.15) is 0 Å². The molecule has 1 aromatic heterocycles. The summed E-state index contributed by atoms with van der Waals surface area (Å²) >= 11 is 1.23. The Morgan fingerprint density at radius 2 is 2.17 bits per heavy atom. The summed E-state index contributed by atoms with van der Waals surface area (Å²) in [5.41, 5.74) is 4.40. The van der Waals surface area contributed by atoms with Crippen molar-refractivity contribution in [2.24, 2.45) is 0 Å². The maximum Gasteiger partial charge on any atom is 0.260 e. The number of nitrogen functional groups attached to an aromatic ring is 1. The highest BCUT2D eigenvalue weighted by Crippen LogP contribution is 2.21. The van der Waals surface area contributed by atoms with E-state index in [-0.39, 0.29) is 0 Å². The Bertz CT molecular complexity index is 612. The molecule has 0 spiro atoms. The van der Waals surface area contributed by atoms with Gasteiger partial charge in [0.1, 0.15) is 5.82 Å². The van der Waals surface area contributed by atoms with Gasteiger partial charge in [0, 0.05) is 11.1 Å². The van der Waals surface area contributed by atoms with Gasteiger partial charge in [-0.1, -0.05) is 0 Å². The van der Waals surface area contributed by atoms with Crippen LogP contribution >= 0.6 is 11.3 Å². The Balaban J connectivity index is 2.29. The van der Waals surface area contributed by atoms with E-state index in [1.165, 1.54) is 11.3 Å². The van der Waals surface area contributed by atoms with Crippen molar-refractivity contribution >= 4 is 28.1 Å². The molecule has 0 atom stereocenters. The highest BCUT2D eigenvalue weighted by Gasteiger charge is 2.17. The number of nitrogens with zero attached hydrogens (tertiary/aromatic N) is 1. The molecule has 2 aromatic rings. The fourth-order valence-corrected chi connectivity index (χ4v) is 2.01. The first-order valence-corrected chi connectivity index (χ1v) is 5.77. The van der Waals surface area contributed by atoms with Crippen LogP contribution < -0.4 is 11.1 Å². The number of aromatic nitrogens is 1. The number of rotatable bonds is 2. The topological polar surface area (TPSA) is 68.0 Å². The first-order valence-electron chi connectivity index (χ1n) is 4.95. The van der Waals surface area contributed by atoms with E-state index in [0.717, 1.165) is 17.0 Å². The normalized spacial score (nSPS) is 10.4. The van der Waals surface area contributed by atoms with Gasteiger partial charge in [-0.15, -0.1) is 11.3 Å². The molecule has 1 heterocycles. The number of thiazole rings is 1. The number of benzene rings is 1. The smallest absolute Gasteiger partial charge is 0.260 e. The molecular formula is C11H9F2N3OS. The molecule has 1 aromatic carbocycles. The minimum atomic E-state index is -0.942. The Morgan fingerprint density at radius 1 is 1.44 bits per heavy atom. The lowest BCUT2D eigenvalue weighted by atomic mass is 10.1.